The Hall–Kier alpha value is -2.12. The Bertz CT molecular complexity index is 862. The van der Waals surface area contributed by atoms with Gasteiger partial charge in [-0.25, -0.2) is 9.59 Å². The van der Waals surface area contributed by atoms with Gasteiger partial charge in [-0.1, -0.05) is 13.0 Å². The highest BCUT2D eigenvalue weighted by molar-refractivity contribution is 5.94. The molecule has 2 atom stereocenters. The second kappa shape index (κ2) is 7.54. The number of nitrogens with zero attached hydrogens (tertiary/aromatic N) is 2. The van der Waals surface area contributed by atoms with E-state index in [4.69, 9.17) is 14.2 Å². The number of benzene rings is 1. The summed E-state index contributed by atoms with van der Waals surface area (Å²) < 4.78 is 17.2. The second-order valence-electron chi connectivity index (χ2n) is 9.64. The molecule has 0 spiro atoms. The number of hydrogen-bond acceptors (Lipinski definition) is 6. The van der Waals surface area contributed by atoms with Crippen molar-refractivity contribution >= 4 is 12.1 Å². The van der Waals surface area contributed by atoms with Crippen molar-refractivity contribution in [3.63, 3.8) is 0 Å². The van der Waals surface area contributed by atoms with Crippen LogP contribution in [0.4, 0.5) is 4.79 Å². The van der Waals surface area contributed by atoms with E-state index in [1.807, 2.05) is 32.9 Å². The summed E-state index contributed by atoms with van der Waals surface area (Å²) in [7, 11) is 0. The predicted molar refractivity (Wildman–Crippen MR) is 111 cm³/mol. The van der Waals surface area contributed by atoms with Crippen LogP contribution < -0.4 is 0 Å². The van der Waals surface area contributed by atoms with Gasteiger partial charge in [-0.15, -0.1) is 0 Å². The second-order valence-corrected chi connectivity index (χ2v) is 9.64. The zero-order chi connectivity index (χ0) is 21.7. The maximum atomic E-state index is 12.5. The minimum atomic E-state index is -0.495. The molecule has 2 unspecified atom stereocenters. The first kappa shape index (κ1) is 21.1. The van der Waals surface area contributed by atoms with Crippen LogP contribution in [0.5, 0.6) is 0 Å². The van der Waals surface area contributed by atoms with Crippen molar-refractivity contribution in [2.24, 2.45) is 0 Å². The fourth-order valence-corrected chi connectivity index (χ4v) is 4.79. The van der Waals surface area contributed by atoms with E-state index in [9.17, 15) is 9.59 Å². The summed E-state index contributed by atoms with van der Waals surface area (Å²) in [5.41, 5.74) is 3.02. The molecule has 2 fully saturated rings. The van der Waals surface area contributed by atoms with Crippen molar-refractivity contribution in [2.45, 2.75) is 64.9 Å². The Morgan fingerprint density at radius 3 is 2.77 bits per heavy atom. The van der Waals surface area contributed by atoms with E-state index in [1.165, 1.54) is 0 Å². The Morgan fingerprint density at radius 2 is 2.07 bits per heavy atom. The third-order valence-electron chi connectivity index (χ3n) is 6.28. The SMILES string of the molecule is CCc1c(C2(C)CN3CCN(C(=O)OC(C)(C)C)CC3CO2)ccc2c1COC2=O. The van der Waals surface area contributed by atoms with Crippen LogP contribution in [0.2, 0.25) is 0 Å². The number of carbonyl (C=O) groups is 2. The summed E-state index contributed by atoms with van der Waals surface area (Å²) in [6, 6.07) is 4.06. The van der Waals surface area contributed by atoms with Crippen LogP contribution >= 0.6 is 0 Å². The van der Waals surface area contributed by atoms with E-state index in [-0.39, 0.29) is 18.1 Å². The van der Waals surface area contributed by atoms with Crippen LogP contribution in [-0.2, 0) is 32.8 Å². The van der Waals surface area contributed by atoms with Gasteiger partial charge >= 0.3 is 12.1 Å². The summed E-state index contributed by atoms with van der Waals surface area (Å²) in [5.74, 6) is -0.237. The number of cyclic esters (lactones) is 1. The van der Waals surface area contributed by atoms with Crippen molar-refractivity contribution in [2.75, 3.05) is 32.8 Å². The maximum Gasteiger partial charge on any atom is 0.410 e. The molecular weight excluding hydrogens is 384 g/mol. The van der Waals surface area contributed by atoms with E-state index in [0.717, 1.165) is 36.2 Å². The van der Waals surface area contributed by atoms with Gasteiger partial charge in [0.1, 0.15) is 17.8 Å². The number of morpholine rings is 1. The third-order valence-corrected chi connectivity index (χ3v) is 6.28. The summed E-state index contributed by atoms with van der Waals surface area (Å²) in [6.07, 6.45) is 0.566. The molecule has 0 N–H and O–H groups in total. The van der Waals surface area contributed by atoms with Gasteiger partial charge in [0.15, 0.2) is 0 Å². The fraction of sp³-hybridized carbons (Fsp3) is 0.652. The number of carbonyl (C=O) groups excluding carboxylic acids is 2. The summed E-state index contributed by atoms with van der Waals surface area (Å²) in [6.45, 7) is 13.6. The standard InChI is InChI=1S/C23H32N2O5/c1-6-16-18-13-28-20(26)17(18)7-8-19(16)23(5)14-25-10-9-24(11-15(25)12-29-23)21(27)30-22(2,3)4/h7-8,15H,6,9-14H2,1-5H3. The molecule has 164 valence electrons. The number of esters is 1. The zero-order valence-electron chi connectivity index (χ0n) is 18.6. The molecule has 1 aromatic rings. The first-order chi connectivity index (χ1) is 14.1. The van der Waals surface area contributed by atoms with Crippen LogP contribution in [0.15, 0.2) is 12.1 Å². The van der Waals surface area contributed by atoms with Gasteiger partial charge in [0.2, 0.25) is 0 Å². The van der Waals surface area contributed by atoms with Crippen molar-refractivity contribution in [3.8, 4) is 0 Å². The number of rotatable bonds is 2. The van der Waals surface area contributed by atoms with Gasteiger partial charge in [0, 0.05) is 31.7 Å². The number of amides is 1. The van der Waals surface area contributed by atoms with Gasteiger partial charge in [-0.3, -0.25) is 4.90 Å². The highest BCUT2D eigenvalue weighted by atomic mass is 16.6. The molecule has 0 bridgehead atoms. The monoisotopic (exact) mass is 416 g/mol. The van der Waals surface area contributed by atoms with Crippen LogP contribution in [0, 0.1) is 0 Å². The first-order valence-corrected chi connectivity index (χ1v) is 10.8. The van der Waals surface area contributed by atoms with Gasteiger partial charge in [0.25, 0.3) is 0 Å². The molecule has 30 heavy (non-hydrogen) atoms. The van der Waals surface area contributed by atoms with Gasteiger partial charge in [-0.2, -0.15) is 0 Å². The largest absolute Gasteiger partial charge is 0.457 e. The van der Waals surface area contributed by atoms with Crippen molar-refractivity contribution in [1.82, 2.24) is 9.80 Å². The smallest absolute Gasteiger partial charge is 0.410 e. The van der Waals surface area contributed by atoms with E-state index < -0.39 is 11.2 Å². The van der Waals surface area contributed by atoms with Crippen molar-refractivity contribution in [3.05, 3.63) is 34.4 Å². The fourth-order valence-electron chi connectivity index (χ4n) is 4.79. The Labute approximate surface area is 178 Å². The normalized spacial score (nSPS) is 26.8. The molecule has 4 rings (SSSR count). The zero-order valence-corrected chi connectivity index (χ0v) is 18.6. The first-order valence-electron chi connectivity index (χ1n) is 10.8. The van der Waals surface area contributed by atoms with Gasteiger partial charge in [0.05, 0.1) is 18.2 Å². The van der Waals surface area contributed by atoms with Crippen molar-refractivity contribution < 1.29 is 23.8 Å². The lowest BCUT2D eigenvalue weighted by Gasteiger charge is -2.50. The Morgan fingerprint density at radius 1 is 1.30 bits per heavy atom. The van der Waals surface area contributed by atoms with Crippen LogP contribution in [0.25, 0.3) is 0 Å². The molecular formula is C23H32N2O5. The quantitative estimate of drug-likeness (QED) is 0.690. The topological polar surface area (TPSA) is 68.3 Å². The number of fused-ring (bicyclic) bond motifs is 2. The maximum absolute atomic E-state index is 12.5. The average Bonchev–Trinajstić information content (AvgIpc) is 3.06. The molecule has 0 aliphatic carbocycles. The third kappa shape index (κ3) is 3.81. The van der Waals surface area contributed by atoms with Crippen molar-refractivity contribution in [1.29, 1.82) is 0 Å². The highest BCUT2D eigenvalue weighted by Gasteiger charge is 2.43. The molecule has 1 amide bonds. The van der Waals surface area contributed by atoms with E-state index >= 15 is 0 Å². The van der Waals surface area contributed by atoms with Crippen LogP contribution in [-0.4, -0.2) is 66.3 Å². The molecule has 0 saturated carbocycles. The predicted octanol–water partition coefficient (Wildman–Crippen LogP) is 3.09. The lowest BCUT2D eigenvalue weighted by molar-refractivity contribution is -0.144. The summed E-state index contributed by atoms with van der Waals surface area (Å²) >= 11 is 0. The lowest BCUT2D eigenvalue weighted by Crippen LogP contribution is -2.63. The molecule has 3 aliphatic rings. The van der Waals surface area contributed by atoms with Gasteiger partial charge in [-0.05, 0) is 51.3 Å². The average molecular weight is 417 g/mol. The molecule has 7 heteroatoms. The highest BCUT2D eigenvalue weighted by Crippen LogP contribution is 2.38. The molecule has 3 heterocycles. The lowest BCUT2D eigenvalue weighted by atomic mass is 9.84. The number of hydrogen-bond donors (Lipinski definition) is 0. The van der Waals surface area contributed by atoms with E-state index in [2.05, 4.69) is 18.7 Å². The Balaban J connectivity index is 1.50. The van der Waals surface area contributed by atoms with Crippen LogP contribution in [0.3, 0.4) is 0 Å². The molecule has 0 radical (unpaired) electrons. The molecule has 0 aromatic heterocycles. The number of ether oxygens (including phenoxy) is 3. The minimum absolute atomic E-state index is 0.156. The van der Waals surface area contributed by atoms with Crippen LogP contribution in [0.1, 0.15) is 61.7 Å². The van der Waals surface area contributed by atoms with E-state index in [1.54, 1.807) is 4.90 Å². The molecule has 7 nitrogen and oxygen atoms in total. The Kier molecular flexibility index (Phi) is 5.31. The van der Waals surface area contributed by atoms with Gasteiger partial charge < -0.3 is 19.1 Å². The summed E-state index contributed by atoms with van der Waals surface area (Å²) in [5, 5.41) is 0. The number of piperazine rings is 1. The minimum Gasteiger partial charge on any atom is -0.457 e. The molecule has 1 aromatic carbocycles. The molecule has 2 saturated heterocycles. The molecule has 3 aliphatic heterocycles. The summed E-state index contributed by atoms with van der Waals surface area (Å²) in [4.78, 5) is 28.6. The van der Waals surface area contributed by atoms with E-state index in [0.29, 0.717) is 31.9 Å².